The van der Waals surface area contributed by atoms with E-state index in [1.165, 1.54) is 11.1 Å². The van der Waals surface area contributed by atoms with E-state index in [1.807, 2.05) is 11.9 Å². The molecule has 5 heteroatoms. The summed E-state index contributed by atoms with van der Waals surface area (Å²) in [6.07, 6.45) is 1.66. The highest BCUT2D eigenvalue weighted by molar-refractivity contribution is 9.10. The van der Waals surface area contributed by atoms with Gasteiger partial charge in [0.05, 0.1) is 4.47 Å². The van der Waals surface area contributed by atoms with Crippen LogP contribution in [0.4, 0.5) is 17.5 Å². The maximum atomic E-state index is 5.64. The van der Waals surface area contributed by atoms with Crippen LogP contribution in [0.2, 0.25) is 0 Å². The van der Waals surface area contributed by atoms with Gasteiger partial charge in [-0.15, -0.1) is 0 Å². The van der Waals surface area contributed by atoms with Gasteiger partial charge < -0.3 is 10.6 Å². The van der Waals surface area contributed by atoms with Crippen LogP contribution in [0.25, 0.3) is 0 Å². The molecule has 0 radical (unpaired) electrons. The number of nitrogens with zero attached hydrogens (tertiary/aromatic N) is 3. The van der Waals surface area contributed by atoms with Crippen molar-refractivity contribution < 1.29 is 0 Å². The van der Waals surface area contributed by atoms with Crippen LogP contribution in [-0.2, 0) is 0 Å². The average molecular weight is 307 g/mol. The summed E-state index contributed by atoms with van der Waals surface area (Å²) in [6, 6.07) is 6.30. The van der Waals surface area contributed by atoms with E-state index in [0.29, 0.717) is 0 Å². The minimum absolute atomic E-state index is 0.268. The fourth-order valence-corrected chi connectivity index (χ4v) is 2.36. The third-order valence-corrected chi connectivity index (χ3v) is 3.33. The summed E-state index contributed by atoms with van der Waals surface area (Å²) < 4.78 is 0.819. The second-order valence-corrected chi connectivity index (χ2v) is 5.10. The summed E-state index contributed by atoms with van der Waals surface area (Å²) in [4.78, 5) is 10.2. The molecule has 2 rings (SSSR count). The van der Waals surface area contributed by atoms with Crippen molar-refractivity contribution in [1.29, 1.82) is 0 Å². The summed E-state index contributed by atoms with van der Waals surface area (Å²) in [5, 5.41) is 0. The van der Waals surface area contributed by atoms with E-state index in [9.17, 15) is 0 Å². The molecule has 0 bridgehead atoms. The molecule has 0 unspecified atom stereocenters. The number of halogens is 1. The summed E-state index contributed by atoms with van der Waals surface area (Å²) in [6.45, 7) is 4.16. The first-order valence-electron chi connectivity index (χ1n) is 5.58. The van der Waals surface area contributed by atoms with Crippen LogP contribution < -0.4 is 10.6 Å². The van der Waals surface area contributed by atoms with Crippen LogP contribution >= 0.6 is 15.9 Å². The van der Waals surface area contributed by atoms with E-state index in [2.05, 4.69) is 57.9 Å². The Bertz CT molecular complexity index is 583. The van der Waals surface area contributed by atoms with Crippen LogP contribution in [0.3, 0.4) is 0 Å². The molecule has 1 aromatic heterocycles. The molecule has 0 fully saturated rings. The van der Waals surface area contributed by atoms with Crippen LogP contribution in [0.5, 0.6) is 0 Å². The SMILES string of the molecule is Cc1ccc(N(C)c2nc(N)ncc2Br)c(C)c1. The lowest BCUT2D eigenvalue weighted by Gasteiger charge is -2.21. The Balaban J connectivity index is 2.47. The zero-order chi connectivity index (χ0) is 13.3. The maximum absolute atomic E-state index is 5.64. The van der Waals surface area contributed by atoms with Gasteiger partial charge >= 0.3 is 0 Å². The van der Waals surface area contributed by atoms with Gasteiger partial charge in [0, 0.05) is 18.9 Å². The normalized spacial score (nSPS) is 10.4. The second-order valence-electron chi connectivity index (χ2n) is 4.25. The summed E-state index contributed by atoms with van der Waals surface area (Å²) in [5.41, 5.74) is 9.17. The number of rotatable bonds is 2. The van der Waals surface area contributed by atoms with E-state index in [-0.39, 0.29) is 5.95 Å². The molecule has 0 aliphatic rings. The van der Waals surface area contributed by atoms with E-state index in [1.54, 1.807) is 6.20 Å². The molecule has 0 aliphatic carbocycles. The van der Waals surface area contributed by atoms with Gasteiger partial charge in [-0.3, -0.25) is 0 Å². The van der Waals surface area contributed by atoms with Crippen molar-refractivity contribution in [1.82, 2.24) is 9.97 Å². The smallest absolute Gasteiger partial charge is 0.222 e. The number of anilines is 3. The molecule has 0 saturated heterocycles. The molecular weight excluding hydrogens is 292 g/mol. The van der Waals surface area contributed by atoms with Crippen molar-refractivity contribution >= 4 is 33.4 Å². The molecule has 2 aromatic rings. The summed E-state index contributed by atoms with van der Waals surface area (Å²) >= 11 is 3.45. The van der Waals surface area contributed by atoms with Gasteiger partial charge in [0.25, 0.3) is 0 Å². The third-order valence-electron chi connectivity index (χ3n) is 2.78. The molecule has 0 saturated carbocycles. The van der Waals surface area contributed by atoms with Gasteiger partial charge in [0.2, 0.25) is 5.95 Å². The minimum atomic E-state index is 0.268. The molecule has 94 valence electrons. The molecular formula is C13H15BrN4. The maximum Gasteiger partial charge on any atom is 0.222 e. The Hall–Kier alpha value is -1.62. The van der Waals surface area contributed by atoms with Crippen molar-refractivity contribution in [2.45, 2.75) is 13.8 Å². The van der Waals surface area contributed by atoms with E-state index in [4.69, 9.17) is 5.73 Å². The highest BCUT2D eigenvalue weighted by Crippen LogP contribution is 2.31. The first kappa shape index (κ1) is 12.8. The van der Waals surface area contributed by atoms with Gasteiger partial charge in [0.15, 0.2) is 5.82 Å². The fourth-order valence-electron chi connectivity index (χ4n) is 1.90. The topological polar surface area (TPSA) is 55.0 Å². The van der Waals surface area contributed by atoms with Gasteiger partial charge in [-0.2, -0.15) is 4.98 Å². The first-order chi connectivity index (χ1) is 8.49. The standard InChI is InChI=1S/C13H15BrN4/c1-8-4-5-11(9(2)6-8)18(3)12-10(14)7-16-13(15)17-12/h4-7H,1-3H3,(H2,15,16,17). The molecule has 18 heavy (non-hydrogen) atoms. The van der Waals surface area contributed by atoms with Crippen molar-refractivity contribution in [2.75, 3.05) is 17.7 Å². The van der Waals surface area contributed by atoms with Crippen molar-refractivity contribution in [3.05, 3.63) is 40.0 Å². The second kappa shape index (κ2) is 4.94. The summed E-state index contributed by atoms with van der Waals surface area (Å²) in [5.74, 6) is 1.03. The number of aryl methyl sites for hydroxylation is 2. The Morgan fingerprint density at radius 3 is 2.67 bits per heavy atom. The molecule has 0 spiro atoms. The van der Waals surface area contributed by atoms with E-state index < -0.39 is 0 Å². The highest BCUT2D eigenvalue weighted by Gasteiger charge is 2.12. The summed E-state index contributed by atoms with van der Waals surface area (Å²) in [7, 11) is 1.96. The van der Waals surface area contributed by atoms with Crippen molar-refractivity contribution in [3.63, 3.8) is 0 Å². The third kappa shape index (κ3) is 2.46. The minimum Gasteiger partial charge on any atom is -0.368 e. The lowest BCUT2D eigenvalue weighted by atomic mass is 10.1. The van der Waals surface area contributed by atoms with Crippen molar-refractivity contribution in [3.8, 4) is 0 Å². The zero-order valence-corrected chi connectivity index (χ0v) is 12.2. The molecule has 4 nitrogen and oxygen atoms in total. The highest BCUT2D eigenvalue weighted by atomic mass is 79.9. The molecule has 2 N–H and O–H groups in total. The molecule has 0 amide bonds. The predicted molar refractivity (Wildman–Crippen MR) is 78.1 cm³/mol. The van der Waals surface area contributed by atoms with Crippen molar-refractivity contribution in [2.24, 2.45) is 0 Å². The van der Waals surface area contributed by atoms with Gasteiger partial charge in [0.1, 0.15) is 0 Å². The Morgan fingerprint density at radius 1 is 1.28 bits per heavy atom. The van der Waals surface area contributed by atoms with Crippen LogP contribution in [0.15, 0.2) is 28.9 Å². The lowest BCUT2D eigenvalue weighted by molar-refractivity contribution is 1.07. The Labute approximate surface area is 115 Å². The number of nitrogen functional groups attached to an aromatic ring is 1. The molecule has 0 aliphatic heterocycles. The Morgan fingerprint density at radius 2 is 2.00 bits per heavy atom. The number of benzene rings is 1. The predicted octanol–water partition coefficient (Wildman–Crippen LogP) is 3.21. The number of aromatic nitrogens is 2. The van der Waals surface area contributed by atoms with E-state index >= 15 is 0 Å². The van der Waals surface area contributed by atoms with E-state index in [0.717, 1.165) is 16.0 Å². The van der Waals surface area contributed by atoms with Crippen LogP contribution in [0, 0.1) is 13.8 Å². The average Bonchev–Trinajstić information content (AvgIpc) is 2.31. The van der Waals surface area contributed by atoms with Crippen LogP contribution in [-0.4, -0.2) is 17.0 Å². The zero-order valence-electron chi connectivity index (χ0n) is 10.6. The molecule has 0 atom stereocenters. The fraction of sp³-hybridized carbons (Fsp3) is 0.231. The largest absolute Gasteiger partial charge is 0.368 e. The molecule has 1 heterocycles. The monoisotopic (exact) mass is 306 g/mol. The number of nitrogens with two attached hydrogens (primary N) is 1. The number of hydrogen-bond donors (Lipinski definition) is 1. The number of hydrogen-bond acceptors (Lipinski definition) is 4. The first-order valence-corrected chi connectivity index (χ1v) is 6.37. The quantitative estimate of drug-likeness (QED) is 0.925. The lowest BCUT2D eigenvalue weighted by Crippen LogP contribution is -2.14. The van der Waals surface area contributed by atoms with Gasteiger partial charge in [-0.1, -0.05) is 17.7 Å². The Kier molecular flexibility index (Phi) is 3.52. The van der Waals surface area contributed by atoms with Gasteiger partial charge in [-0.05, 0) is 41.4 Å². The van der Waals surface area contributed by atoms with Gasteiger partial charge in [-0.25, -0.2) is 4.98 Å². The molecule has 1 aromatic carbocycles. The van der Waals surface area contributed by atoms with Crippen LogP contribution in [0.1, 0.15) is 11.1 Å².